The van der Waals surface area contributed by atoms with Gasteiger partial charge in [0.1, 0.15) is 16.2 Å². The van der Waals surface area contributed by atoms with Crippen LogP contribution < -0.4 is 4.90 Å². The fourth-order valence-corrected chi connectivity index (χ4v) is 2.78. The molecule has 19 heavy (non-hydrogen) atoms. The van der Waals surface area contributed by atoms with Crippen LogP contribution in [0.4, 0.5) is 5.82 Å². The smallest absolute Gasteiger partial charge is 0.137 e. The van der Waals surface area contributed by atoms with E-state index in [1.165, 1.54) is 4.88 Å². The van der Waals surface area contributed by atoms with Crippen molar-refractivity contribution in [2.75, 3.05) is 11.9 Å². The average molecular weight is 340 g/mol. The van der Waals surface area contributed by atoms with Crippen molar-refractivity contribution in [3.63, 3.8) is 0 Å². The van der Waals surface area contributed by atoms with Crippen molar-refractivity contribution in [3.05, 3.63) is 38.9 Å². The predicted molar refractivity (Wildman–Crippen MR) is 84.9 cm³/mol. The third-order valence-corrected chi connectivity index (χ3v) is 3.98. The van der Waals surface area contributed by atoms with Gasteiger partial charge in [-0.05, 0) is 27.4 Å². The van der Waals surface area contributed by atoms with E-state index < -0.39 is 0 Å². The predicted octanol–water partition coefficient (Wildman–Crippen LogP) is 4.23. The van der Waals surface area contributed by atoms with Crippen molar-refractivity contribution in [2.24, 2.45) is 0 Å². The van der Waals surface area contributed by atoms with Crippen molar-refractivity contribution < 1.29 is 0 Å². The molecule has 2 aromatic rings. The highest BCUT2D eigenvalue weighted by Crippen LogP contribution is 2.25. The summed E-state index contributed by atoms with van der Waals surface area (Å²) >= 11 is 5.24. The Labute approximate surface area is 126 Å². The number of nitrogens with zero attached hydrogens (tertiary/aromatic N) is 3. The van der Waals surface area contributed by atoms with Crippen LogP contribution in [-0.4, -0.2) is 17.0 Å². The third kappa shape index (κ3) is 3.76. The number of halogens is 1. The molecule has 2 rings (SSSR count). The van der Waals surface area contributed by atoms with Crippen LogP contribution in [0, 0.1) is 0 Å². The lowest BCUT2D eigenvalue weighted by Gasteiger charge is -2.22. The van der Waals surface area contributed by atoms with Crippen molar-refractivity contribution in [1.82, 2.24) is 9.97 Å². The first-order valence-corrected chi connectivity index (χ1v) is 7.82. The molecule has 0 spiro atoms. The minimum Gasteiger partial charge on any atom is -0.354 e. The maximum absolute atomic E-state index is 4.67. The lowest BCUT2D eigenvalue weighted by molar-refractivity contribution is 0.542. The molecule has 3 nitrogen and oxygen atoms in total. The van der Waals surface area contributed by atoms with Gasteiger partial charge in [-0.25, -0.2) is 9.97 Å². The summed E-state index contributed by atoms with van der Waals surface area (Å²) in [5.41, 5.74) is -0.0533. The molecular formula is C14H18BrN3S. The van der Waals surface area contributed by atoms with Gasteiger partial charge >= 0.3 is 0 Å². The summed E-state index contributed by atoms with van der Waals surface area (Å²) in [6, 6.07) is 6.18. The summed E-state index contributed by atoms with van der Waals surface area (Å²) in [4.78, 5) is 12.6. The molecule has 0 unspecified atom stereocenters. The van der Waals surface area contributed by atoms with E-state index in [9.17, 15) is 0 Å². The zero-order chi connectivity index (χ0) is 14.0. The second-order valence-corrected chi connectivity index (χ2v) is 7.40. The summed E-state index contributed by atoms with van der Waals surface area (Å²) in [6.45, 7) is 7.23. The molecule has 102 valence electrons. The first-order chi connectivity index (χ1) is 8.86. The van der Waals surface area contributed by atoms with Crippen LogP contribution in [0.5, 0.6) is 0 Å². The normalized spacial score (nSPS) is 11.6. The monoisotopic (exact) mass is 339 g/mol. The Morgan fingerprint density at radius 1 is 1.32 bits per heavy atom. The number of aromatic nitrogens is 2. The van der Waals surface area contributed by atoms with Crippen LogP contribution in [0.25, 0.3) is 0 Å². The lowest BCUT2D eigenvalue weighted by Crippen LogP contribution is -2.22. The molecule has 0 aliphatic heterocycles. The molecule has 0 saturated heterocycles. The molecule has 0 atom stereocenters. The van der Waals surface area contributed by atoms with Crippen molar-refractivity contribution in [3.8, 4) is 0 Å². The third-order valence-electron chi connectivity index (χ3n) is 2.72. The first kappa shape index (κ1) is 14.5. The Kier molecular flexibility index (Phi) is 4.26. The Hall–Kier alpha value is -0.940. The summed E-state index contributed by atoms with van der Waals surface area (Å²) in [5.74, 6) is 1.80. The molecule has 5 heteroatoms. The number of rotatable bonds is 3. The van der Waals surface area contributed by atoms with E-state index in [2.05, 4.69) is 76.1 Å². The molecule has 2 heterocycles. The molecule has 0 aliphatic carbocycles. The van der Waals surface area contributed by atoms with Gasteiger partial charge in [-0.1, -0.05) is 26.8 Å². The van der Waals surface area contributed by atoms with Crippen molar-refractivity contribution >= 4 is 33.1 Å². The molecule has 0 aromatic carbocycles. The highest BCUT2D eigenvalue weighted by Gasteiger charge is 2.19. The van der Waals surface area contributed by atoms with E-state index in [0.29, 0.717) is 0 Å². The van der Waals surface area contributed by atoms with Gasteiger partial charge in [-0.2, -0.15) is 0 Å². The van der Waals surface area contributed by atoms with E-state index in [4.69, 9.17) is 0 Å². The van der Waals surface area contributed by atoms with Gasteiger partial charge in [-0.15, -0.1) is 11.3 Å². The molecule has 0 radical (unpaired) electrons. The van der Waals surface area contributed by atoms with E-state index in [1.807, 2.05) is 6.07 Å². The number of thiophene rings is 1. The maximum Gasteiger partial charge on any atom is 0.137 e. The SMILES string of the molecule is CN(Cc1cccs1)c1cc(Br)nc(C(C)(C)C)n1. The minimum absolute atomic E-state index is 0.0533. The van der Waals surface area contributed by atoms with E-state index >= 15 is 0 Å². The van der Waals surface area contributed by atoms with Gasteiger partial charge in [0, 0.05) is 23.4 Å². The highest BCUT2D eigenvalue weighted by atomic mass is 79.9. The quantitative estimate of drug-likeness (QED) is 0.783. The number of hydrogen-bond acceptors (Lipinski definition) is 4. The average Bonchev–Trinajstić information content (AvgIpc) is 2.79. The van der Waals surface area contributed by atoms with Crippen LogP contribution in [0.1, 0.15) is 31.5 Å². The van der Waals surface area contributed by atoms with E-state index in [1.54, 1.807) is 11.3 Å². The topological polar surface area (TPSA) is 29.0 Å². The lowest BCUT2D eigenvalue weighted by atomic mass is 9.96. The van der Waals surface area contributed by atoms with Crippen LogP contribution in [0.2, 0.25) is 0 Å². The second-order valence-electron chi connectivity index (χ2n) is 5.56. The molecule has 0 N–H and O–H groups in total. The highest BCUT2D eigenvalue weighted by molar-refractivity contribution is 9.10. The standard InChI is InChI=1S/C14H18BrN3S/c1-14(2,3)13-16-11(15)8-12(17-13)18(4)9-10-6-5-7-19-10/h5-8H,9H2,1-4H3. The zero-order valence-electron chi connectivity index (χ0n) is 11.6. The van der Waals surface area contributed by atoms with E-state index in [-0.39, 0.29) is 5.41 Å². The van der Waals surface area contributed by atoms with Crippen molar-refractivity contribution in [2.45, 2.75) is 32.7 Å². The molecule has 0 bridgehead atoms. The maximum atomic E-state index is 4.67. The Bertz CT molecular complexity index is 546. The Morgan fingerprint density at radius 2 is 2.05 bits per heavy atom. The molecule has 0 fully saturated rings. The summed E-state index contributed by atoms with van der Waals surface area (Å²) in [7, 11) is 2.06. The summed E-state index contributed by atoms with van der Waals surface area (Å²) < 4.78 is 0.834. The van der Waals surface area contributed by atoms with Crippen LogP contribution in [0.15, 0.2) is 28.2 Å². The zero-order valence-corrected chi connectivity index (χ0v) is 14.0. The molecular weight excluding hydrogens is 322 g/mol. The van der Waals surface area contributed by atoms with Crippen LogP contribution >= 0.6 is 27.3 Å². The molecule has 0 aliphatic rings. The first-order valence-electron chi connectivity index (χ1n) is 6.15. The Morgan fingerprint density at radius 3 is 2.63 bits per heavy atom. The largest absolute Gasteiger partial charge is 0.354 e. The number of anilines is 1. The Balaban J connectivity index is 2.26. The van der Waals surface area contributed by atoms with Gasteiger partial charge in [0.2, 0.25) is 0 Å². The second kappa shape index (κ2) is 5.59. The van der Waals surface area contributed by atoms with Gasteiger partial charge in [-0.3, -0.25) is 0 Å². The fraction of sp³-hybridized carbons (Fsp3) is 0.429. The molecule has 0 amide bonds. The molecule has 2 aromatic heterocycles. The van der Waals surface area contributed by atoms with E-state index in [0.717, 1.165) is 22.8 Å². The van der Waals surface area contributed by atoms with Crippen LogP contribution in [0.3, 0.4) is 0 Å². The van der Waals surface area contributed by atoms with Gasteiger partial charge in [0.15, 0.2) is 0 Å². The number of hydrogen-bond donors (Lipinski definition) is 0. The van der Waals surface area contributed by atoms with Crippen LogP contribution in [-0.2, 0) is 12.0 Å². The fourth-order valence-electron chi connectivity index (χ4n) is 1.65. The van der Waals surface area contributed by atoms with Gasteiger partial charge < -0.3 is 4.90 Å². The van der Waals surface area contributed by atoms with Crippen molar-refractivity contribution in [1.29, 1.82) is 0 Å². The van der Waals surface area contributed by atoms with Gasteiger partial charge in [0.05, 0.1) is 6.54 Å². The van der Waals surface area contributed by atoms with Gasteiger partial charge in [0.25, 0.3) is 0 Å². The summed E-state index contributed by atoms with van der Waals surface area (Å²) in [5, 5.41) is 2.10. The molecule has 0 saturated carbocycles. The summed E-state index contributed by atoms with van der Waals surface area (Å²) in [6.07, 6.45) is 0. The minimum atomic E-state index is -0.0533.